The van der Waals surface area contributed by atoms with E-state index in [0.717, 1.165) is 51.4 Å². The molecule has 2 amide bonds. The lowest BCUT2D eigenvalue weighted by Crippen LogP contribution is -2.61. The molecule has 3 fully saturated rings. The number of likely N-dealkylation sites (tertiary alicyclic amines) is 2. The molecule has 0 radical (unpaired) electrons. The zero-order valence-corrected chi connectivity index (χ0v) is 12.9. The third-order valence-electron chi connectivity index (χ3n) is 5.33. The molecular weight excluding hydrogens is 252 g/mol. The molecule has 2 heterocycles. The molecule has 2 saturated heterocycles. The Bertz CT molecular complexity index is 420. The molecule has 0 N–H and O–H groups in total. The van der Waals surface area contributed by atoms with Crippen molar-refractivity contribution in [3.63, 3.8) is 0 Å². The van der Waals surface area contributed by atoms with Crippen LogP contribution in [0.4, 0.5) is 0 Å². The third kappa shape index (κ3) is 2.23. The summed E-state index contributed by atoms with van der Waals surface area (Å²) in [5, 5.41) is 0. The van der Waals surface area contributed by atoms with Crippen molar-refractivity contribution in [1.82, 2.24) is 9.80 Å². The van der Waals surface area contributed by atoms with E-state index in [0.29, 0.717) is 5.91 Å². The molecule has 0 aromatic carbocycles. The van der Waals surface area contributed by atoms with Crippen LogP contribution in [0.15, 0.2) is 0 Å². The number of hydrogen-bond donors (Lipinski definition) is 0. The Morgan fingerprint density at radius 3 is 2.25 bits per heavy atom. The second kappa shape index (κ2) is 4.74. The summed E-state index contributed by atoms with van der Waals surface area (Å²) in [5.41, 5.74) is 0.218. The quantitative estimate of drug-likeness (QED) is 0.772. The van der Waals surface area contributed by atoms with Gasteiger partial charge in [0.2, 0.25) is 11.8 Å². The van der Waals surface area contributed by atoms with Crippen LogP contribution in [-0.4, -0.2) is 47.8 Å². The smallest absolute Gasteiger partial charge is 0.225 e. The molecule has 2 aliphatic heterocycles. The molecule has 0 aromatic rings. The van der Waals surface area contributed by atoms with Gasteiger partial charge in [0.05, 0.1) is 0 Å². The summed E-state index contributed by atoms with van der Waals surface area (Å²) in [4.78, 5) is 28.3. The molecule has 1 saturated carbocycles. The Hall–Kier alpha value is -1.06. The van der Waals surface area contributed by atoms with Gasteiger partial charge in [0, 0.05) is 43.4 Å². The topological polar surface area (TPSA) is 40.6 Å². The van der Waals surface area contributed by atoms with Crippen LogP contribution >= 0.6 is 0 Å². The Kier molecular flexibility index (Phi) is 3.30. The largest absolute Gasteiger partial charge is 0.342 e. The fraction of sp³-hybridized carbons (Fsp3) is 0.875. The van der Waals surface area contributed by atoms with Crippen LogP contribution < -0.4 is 0 Å². The maximum Gasteiger partial charge on any atom is 0.225 e. The number of amides is 2. The molecule has 112 valence electrons. The second-order valence-electron chi connectivity index (χ2n) is 7.63. The zero-order valence-electron chi connectivity index (χ0n) is 12.9. The molecule has 0 aromatic heterocycles. The van der Waals surface area contributed by atoms with E-state index in [1.54, 1.807) is 0 Å². The average Bonchev–Trinajstić information content (AvgIpc) is 2.76. The first-order valence-electron chi connectivity index (χ1n) is 7.98. The van der Waals surface area contributed by atoms with E-state index in [1.807, 2.05) is 23.6 Å². The predicted molar refractivity (Wildman–Crippen MR) is 76.9 cm³/mol. The van der Waals surface area contributed by atoms with E-state index in [1.165, 1.54) is 0 Å². The van der Waals surface area contributed by atoms with Crippen LogP contribution in [0.3, 0.4) is 0 Å². The monoisotopic (exact) mass is 278 g/mol. The van der Waals surface area contributed by atoms with Gasteiger partial charge in [-0.25, -0.2) is 0 Å². The van der Waals surface area contributed by atoms with Gasteiger partial charge in [-0.05, 0) is 25.2 Å². The van der Waals surface area contributed by atoms with Crippen LogP contribution in [0.2, 0.25) is 0 Å². The summed E-state index contributed by atoms with van der Waals surface area (Å²) in [6, 6.07) is 0. The minimum absolute atomic E-state index is 0.0828. The van der Waals surface area contributed by atoms with Gasteiger partial charge in [-0.3, -0.25) is 9.59 Å². The van der Waals surface area contributed by atoms with Gasteiger partial charge < -0.3 is 9.80 Å². The number of carbonyl (C=O) groups is 2. The van der Waals surface area contributed by atoms with Crippen molar-refractivity contribution >= 4 is 11.8 Å². The van der Waals surface area contributed by atoms with Crippen LogP contribution in [0, 0.1) is 23.2 Å². The SMILES string of the molecule is CC1CC(C(=O)N2CC3(CCN(C(=O)C(C)C)C3)C2)C1. The van der Waals surface area contributed by atoms with Gasteiger partial charge in [-0.1, -0.05) is 20.8 Å². The summed E-state index contributed by atoms with van der Waals surface area (Å²) in [6.07, 6.45) is 3.21. The molecular formula is C16H26N2O2. The summed E-state index contributed by atoms with van der Waals surface area (Å²) >= 11 is 0. The predicted octanol–water partition coefficient (Wildman–Crippen LogP) is 1.75. The molecule has 1 spiro atoms. The molecule has 4 heteroatoms. The lowest BCUT2D eigenvalue weighted by atomic mass is 9.72. The van der Waals surface area contributed by atoms with E-state index in [9.17, 15) is 9.59 Å². The minimum Gasteiger partial charge on any atom is -0.342 e. The van der Waals surface area contributed by atoms with Gasteiger partial charge in [-0.2, -0.15) is 0 Å². The van der Waals surface area contributed by atoms with E-state index in [2.05, 4.69) is 6.92 Å². The van der Waals surface area contributed by atoms with Crippen molar-refractivity contribution in [3.05, 3.63) is 0 Å². The molecule has 0 bridgehead atoms. The first kappa shape index (κ1) is 13.9. The van der Waals surface area contributed by atoms with Crippen molar-refractivity contribution in [1.29, 1.82) is 0 Å². The average molecular weight is 278 g/mol. The van der Waals surface area contributed by atoms with Gasteiger partial charge in [-0.15, -0.1) is 0 Å². The van der Waals surface area contributed by atoms with Gasteiger partial charge >= 0.3 is 0 Å². The second-order valence-corrected chi connectivity index (χ2v) is 7.63. The van der Waals surface area contributed by atoms with Gasteiger partial charge in [0.1, 0.15) is 0 Å². The fourth-order valence-corrected chi connectivity index (χ4v) is 4.03. The third-order valence-corrected chi connectivity index (χ3v) is 5.33. The van der Waals surface area contributed by atoms with Crippen molar-refractivity contribution in [2.75, 3.05) is 26.2 Å². The number of rotatable bonds is 2. The molecule has 3 rings (SSSR count). The van der Waals surface area contributed by atoms with Crippen molar-refractivity contribution in [2.45, 2.75) is 40.0 Å². The zero-order chi connectivity index (χ0) is 14.5. The Morgan fingerprint density at radius 1 is 1.10 bits per heavy atom. The number of carbonyl (C=O) groups excluding carboxylic acids is 2. The standard InChI is InChI=1S/C16H26N2O2/c1-11(2)14(19)17-5-4-16(8-17)9-18(10-16)15(20)13-6-12(3)7-13/h11-13H,4-10H2,1-3H3. The normalized spacial score (nSPS) is 31.4. The molecule has 4 nitrogen and oxygen atoms in total. The van der Waals surface area contributed by atoms with E-state index in [4.69, 9.17) is 0 Å². The maximum absolute atomic E-state index is 12.3. The van der Waals surface area contributed by atoms with Crippen molar-refractivity contribution < 1.29 is 9.59 Å². The Morgan fingerprint density at radius 2 is 1.70 bits per heavy atom. The van der Waals surface area contributed by atoms with E-state index >= 15 is 0 Å². The number of hydrogen-bond acceptors (Lipinski definition) is 2. The minimum atomic E-state index is 0.0828. The lowest BCUT2D eigenvalue weighted by Gasteiger charge is -2.50. The number of nitrogens with zero attached hydrogens (tertiary/aromatic N) is 2. The maximum atomic E-state index is 12.3. The lowest BCUT2D eigenvalue weighted by molar-refractivity contribution is -0.152. The van der Waals surface area contributed by atoms with Crippen LogP contribution in [0.25, 0.3) is 0 Å². The molecule has 0 unspecified atom stereocenters. The molecule has 0 atom stereocenters. The fourth-order valence-electron chi connectivity index (χ4n) is 4.03. The summed E-state index contributed by atoms with van der Waals surface area (Å²) in [6.45, 7) is 9.61. The highest BCUT2D eigenvalue weighted by Gasteiger charge is 2.51. The van der Waals surface area contributed by atoms with E-state index < -0.39 is 0 Å². The van der Waals surface area contributed by atoms with E-state index in [-0.39, 0.29) is 23.2 Å². The highest BCUT2D eigenvalue weighted by Crippen LogP contribution is 2.43. The first-order chi connectivity index (χ1) is 9.40. The highest BCUT2D eigenvalue weighted by molar-refractivity contribution is 5.81. The Labute approximate surface area is 121 Å². The Balaban J connectivity index is 1.50. The highest BCUT2D eigenvalue weighted by atomic mass is 16.2. The van der Waals surface area contributed by atoms with Crippen molar-refractivity contribution in [3.8, 4) is 0 Å². The van der Waals surface area contributed by atoms with Crippen molar-refractivity contribution in [2.24, 2.45) is 23.2 Å². The van der Waals surface area contributed by atoms with Crippen LogP contribution in [0.1, 0.15) is 40.0 Å². The van der Waals surface area contributed by atoms with Crippen LogP contribution in [-0.2, 0) is 9.59 Å². The summed E-state index contributed by atoms with van der Waals surface area (Å²) < 4.78 is 0. The molecule has 3 aliphatic rings. The first-order valence-corrected chi connectivity index (χ1v) is 7.98. The molecule has 20 heavy (non-hydrogen) atoms. The summed E-state index contributed by atoms with van der Waals surface area (Å²) in [7, 11) is 0. The molecule has 1 aliphatic carbocycles. The summed E-state index contributed by atoms with van der Waals surface area (Å²) in [5.74, 6) is 1.73. The van der Waals surface area contributed by atoms with Gasteiger partial charge in [0.15, 0.2) is 0 Å². The van der Waals surface area contributed by atoms with Gasteiger partial charge in [0.25, 0.3) is 0 Å². The van der Waals surface area contributed by atoms with Crippen LogP contribution in [0.5, 0.6) is 0 Å².